The van der Waals surface area contributed by atoms with Gasteiger partial charge in [0.15, 0.2) is 0 Å². The number of amides is 3. The monoisotopic (exact) mass is 333 g/mol. The van der Waals surface area contributed by atoms with E-state index in [2.05, 4.69) is 5.32 Å². The Morgan fingerprint density at radius 3 is 2.42 bits per heavy atom. The number of nitrogens with one attached hydrogen (secondary N) is 1. The Kier molecular flexibility index (Phi) is 5.11. The van der Waals surface area contributed by atoms with Gasteiger partial charge in [-0.1, -0.05) is 0 Å². The summed E-state index contributed by atoms with van der Waals surface area (Å²) in [7, 11) is 0. The van der Waals surface area contributed by atoms with E-state index in [4.69, 9.17) is 4.74 Å². The fraction of sp³-hybridized carbons (Fsp3) is 0.471. The first kappa shape index (κ1) is 17.8. The zero-order valence-corrected chi connectivity index (χ0v) is 14.6. The minimum atomic E-state index is -0.450. The maximum absolute atomic E-state index is 12.4. The Bertz CT molecular complexity index is 672. The number of ether oxygens (including phenoxy) is 1. The summed E-state index contributed by atoms with van der Waals surface area (Å²) in [5.74, 6) is -0.329. The molecule has 0 spiro atoms. The number of benzene rings is 1. The second-order valence-corrected chi connectivity index (χ2v) is 6.17. The van der Waals surface area contributed by atoms with Crippen LogP contribution in [0.15, 0.2) is 18.2 Å². The number of fused-ring (bicyclic) bond motifs is 1. The van der Waals surface area contributed by atoms with Crippen molar-refractivity contribution in [1.82, 2.24) is 0 Å². The molecular weight excluding hydrogens is 310 g/mol. The van der Waals surface area contributed by atoms with Crippen LogP contribution in [-0.4, -0.2) is 36.6 Å². The van der Waals surface area contributed by atoms with Crippen LogP contribution in [0.25, 0.3) is 0 Å². The summed E-state index contributed by atoms with van der Waals surface area (Å²) < 4.78 is 5.30. The van der Waals surface area contributed by atoms with E-state index in [1.807, 2.05) is 6.92 Å². The molecule has 1 aliphatic heterocycles. The first-order valence-electron chi connectivity index (χ1n) is 7.90. The van der Waals surface area contributed by atoms with Gasteiger partial charge in [0.1, 0.15) is 0 Å². The van der Waals surface area contributed by atoms with E-state index in [0.29, 0.717) is 23.6 Å². The number of rotatable bonds is 2. The number of nitrogens with zero attached hydrogens (tertiary/aromatic N) is 2. The Balaban J connectivity index is 2.48. The second-order valence-electron chi connectivity index (χ2n) is 6.17. The standard InChI is InChI=1S/C17H23N3O4/c1-10(2)24-17(23)19-9-11(3)20(13(5)22)16-8-14(18-12(4)21)6-7-15(16)19/h6-8,10-11H,9H2,1-5H3,(H,18,21). The van der Waals surface area contributed by atoms with Crippen molar-refractivity contribution >= 4 is 35.0 Å². The van der Waals surface area contributed by atoms with Gasteiger partial charge in [0.25, 0.3) is 0 Å². The molecule has 1 atom stereocenters. The van der Waals surface area contributed by atoms with E-state index >= 15 is 0 Å². The van der Waals surface area contributed by atoms with Gasteiger partial charge in [0.05, 0.1) is 23.5 Å². The van der Waals surface area contributed by atoms with Crippen molar-refractivity contribution < 1.29 is 19.1 Å². The summed E-state index contributed by atoms with van der Waals surface area (Å²) in [5.41, 5.74) is 1.73. The van der Waals surface area contributed by atoms with Crippen LogP contribution in [0.3, 0.4) is 0 Å². The predicted molar refractivity (Wildman–Crippen MR) is 92.3 cm³/mol. The average Bonchev–Trinajstić information content (AvgIpc) is 2.44. The van der Waals surface area contributed by atoms with E-state index in [-0.39, 0.29) is 24.0 Å². The Morgan fingerprint density at radius 2 is 1.88 bits per heavy atom. The summed E-state index contributed by atoms with van der Waals surface area (Å²) in [6.07, 6.45) is -0.686. The number of carbonyl (C=O) groups is 3. The molecule has 24 heavy (non-hydrogen) atoms. The second kappa shape index (κ2) is 6.90. The van der Waals surface area contributed by atoms with Gasteiger partial charge in [-0.05, 0) is 39.0 Å². The minimum Gasteiger partial charge on any atom is -0.446 e. The summed E-state index contributed by atoms with van der Waals surface area (Å²) in [4.78, 5) is 38.9. The van der Waals surface area contributed by atoms with Gasteiger partial charge >= 0.3 is 6.09 Å². The van der Waals surface area contributed by atoms with Crippen LogP contribution in [0.5, 0.6) is 0 Å². The average molecular weight is 333 g/mol. The fourth-order valence-electron chi connectivity index (χ4n) is 2.83. The third-order valence-electron chi connectivity index (χ3n) is 3.63. The number of carbonyl (C=O) groups excluding carboxylic acids is 3. The lowest BCUT2D eigenvalue weighted by Gasteiger charge is -2.40. The largest absolute Gasteiger partial charge is 0.446 e. The number of hydrogen-bond donors (Lipinski definition) is 1. The normalized spacial score (nSPS) is 16.7. The fourth-order valence-corrected chi connectivity index (χ4v) is 2.83. The summed E-state index contributed by atoms with van der Waals surface area (Å²) in [6, 6.07) is 4.90. The highest BCUT2D eigenvalue weighted by atomic mass is 16.6. The van der Waals surface area contributed by atoms with Crippen LogP contribution in [0.4, 0.5) is 21.9 Å². The van der Waals surface area contributed by atoms with Crippen molar-refractivity contribution in [3.8, 4) is 0 Å². The molecule has 0 aromatic heterocycles. The Morgan fingerprint density at radius 1 is 1.21 bits per heavy atom. The quantitative estimate of drug-likeness (QED) is 0.902. The summed E-state index contributed by atoms with van der Waals surface area (Å²) in [5, 5.41) is 2.69. The third-order valence-corrected chi connectivity index (χ3v) is 3.63. The van der Waals surface area contributed by atoms with Gasteiger partial charge in [-0.2, -0.15) is 0 Å². The van der Waals surface area contributed by atoms with E-state index in [1.165, 1.54) is 18.7 Å². The molecule has 1 unspecified atom stereocenters. The van der Waals surface area contributed by atoms with Crippen molar-refractivity contribution in [3.63, 3.8) is 0 Å². The van der Waals surface area contributed by atoms with Crippen molar-refractivity contribution in [2.45, 2.75) is 46.8 Å². The maximum atomic E-state index is 12.4. The molecule has 0 fully saturated rings. The first-order valence-corrected chi connectivity index (χ1v) is 7.90. The highest BCUT2D eigenvalue weighted by Crippen LogP contribution is 2.38. The highest BCUT2D eigenvalue weighted by molar-refractivity contribution is 6.03. The molecule has 0 radical (unpaired) electrons. The lowest BCUT2D eigenvalue weighted by molar-refractivity contribution is -0.117. The van der Waals surface area contributed by atoms with E-state index in [0.717, 1.165) is 0 Å². The van der Waals surface area contributed by atoms with Gasteiger partial charge in [0.2, 0.25) is 11.8 Å². The first-order chi connectivity index (χ1) is 11.2. The molecule has 7 nitrogen and oxygen atoms in total. The van der Waals surface area contributed by atoms with E-state index in [1.54, 1.807) is 36.9 Å². The molecule has 0 bridgehead atoms. The zero-order chi connectivity index (χ0) is 18.0. The van der Waals surface area contributed by atoms with E-state index < -0.39 is 6.09 Å². The van der Waals surface area contributed by atoms with Crippen molar-refractivity contribution in [2.75, 3.05) is 21.7 Å². The molecule has 3 amide bonds. The SMILES string of the molecule is CC(=O)Nc1ccc2c(c1)N(C(C)=O)C(C)CN2C(=O)OC(C)C. The van der Waals surface area contributed by atoms with E-state index in [9.17, 15) is 14.4 Å². The van der Waals surface area contributed by atoms with Gasteiger partial charge < -0.3 is 15.0 Å². The molecule has 1 heterocycles. The maximum Gasteiger partial charge on any atom is 0.414 e. The van der Waals surface area contributed by atoms with Gasteiger partial charge in [-0.25, -0.2) is 4.79 Å². The molecule has 2 rings (SSSR count). The molecule has 1 aromatic carbocycles. The zero-order valence-electron chi connectivity index (χ0n) is 14.6. The molecule has 0 saturated heterocycles. The molecule has 0 saturated carbocycles. The van der Waals surface area contributed by atoms with Crippen LogP contribution >= 0.6 is 0 Å². The van der Waals surface area contributed by atoms with Crippen LogP contribution < -0.4 is 15.1 Å². The van der Waals surface area contributed by atoms with Crippen LogP contribution in [-0.2, 0) is 14.3 Å². The topological polar surface area (TPSA) is 79.0 Å². The van der Waals surface area contributed by atoms with Crippen LogP contribution in [0, 0.1) is 0 Å². The van der Waals surface area contributed by atoms with Crippen LogP contribution in [0.2, 0.25) is 0 Å². The minimum absolute atomic E-state index is 0.124. The van der Waals surface area contributed by atoms with Crippen molar-refractivity contribution in [3.05, 3.63) is 18.2 Å². The third kappa shape index (κ3) is 3.67. The number of hydrogen-bond acceptors (Lipinski definition) is 4. The van der Waals surface area contributed by atoms with Crippen molar-refractivity contribution in [1.29, 1.82) is 0 Å². The molecule has 1 aliphatic rings. The van der Waals surface area contributed by atoms with Crippen molar-refractivity contribution in [2.24, 2.45) is 0 Å². The molecular formula is C17H23N3O4. The summed E-state index contributed by atoms with van der Waals surface area (Å²) >= 11 is 0. The predicted octanol–water partition coefficient (Wildman–Crippen LogP) is 2.75. The molecule has 7 heteroatoms. The number of anilines is 3. The lowest BCUT2D eigenvalue weighted by atomic mass is 10.1. The highest BCUT2D eigenvalue weighted by Gasteiger charge is 2.34. The lowest BCUT2D eigenvalue weighted by Crippen LogP contribution is -2.51. The molecule has 0 aliphatic carbocycles. The van der Waals surface area contributed by atoms with Gasteiger partial charge in [-0.15, -0.1) is 0 Å². The van der Waals surface area contributed by atoms with Gasteiger partial charge in [-0.3, -0.25) is 14.5 Å². The summed E-state index contributed by atoms with van der Waals surface area (Å²) in [6.45, 7) is 8.68. The Hall–Kier alpha value is -2.57. The molecule has 130 valence electrons. The molecule has 1 aromatic rings. The van der Waals surface area contributed by atoms with Gasteiger partial charge in [0, 0.05) is 26.1 Å². The Labute approximate surface area is 141 Å². The van der Waals surface area contributed by atoms with Crippen LogP contribution in [0.1, 0.15) is 34.6 Å². The smallest absolute Gasteiger partial charge is 0.414 e. The molecule has 1 N–H and O–H groups in total.